The van der Waals surface area contributed by atoms with E-state index in [1.807, 2.05) is 4.90 Å². The van der Waals surface area contributed by atoms with E-state index < -0.39 is 22.6 Å². The van der Waals surface area contributed by atoms with Gasteiger partial charge in [0.25, 0.3) is 5.69 Å². The number of anilines is 1. The van der Waals surface area contributed by atoms with Crippen molar-refractivity contribution < 1.29 is 27.6 Å². The summed E-state index contributed by atoms with van der Waals surface area (Å²) < 4.78 is 46.0. The zero-order chi connectivity index (χ0) is 21.7. The number of para-hydroxylation sites is 1. The lowest BCUT2D eigenvalue weighted by molar-refractivity contribution is -0.385. The number of amides is 1. The largest absolute Gasteiger partial charge is 0.416 e. The third kappa shape index (κ3) is 5.26. The standard InChI is InChI=1S/C20H20F3N3O4/c21-20(22,23)17-12-16(25-7-9-30-10-8-25)6-5-15(17)13-24-19(27)11-14-3-1-2-4-18(14)26(28)29/h1-6,12H,7-11,13H2,(H,24,27). The second kappa shape index (κ2) is 9.12. The van der Waals surface area contributed by atoms with Crippen molar-refractivity contribution in [3.05, 3.63) is 69.3 Å². The SMILES string of the molecule is O=C(Cc1ccccc1[N+](=O)[O-])NCc1ccc(N2CCOCC2)cc1C(F)(F)F. The fourth-order valence-corrected chi connectivity index (χ4v) is 3.27. The first-order valence-corrected chi connectivity index (χ1v) is 9.27. The number of hydrogen-bond donors (Lipinski definition) is 1. The van der Waals surface area contributed by atoms with Gasteiger partial charge >= 0.3 is 6.18 Å². The van der Waals surface area contributed by atoms with Crippen LogP contribution in [0.15, 0.2) is 42.5 Å². The molecule has 1 N–H and O–H groups in total. The van der Waals surface area contributed by atoms with Crippen LogP contribution in [0.2, 0.25) is 0 Å². The van der Waals surface area contributed by atoms with Crippen LogP contribution in [0, 0.1) is 10.1 Å². The van der Waals surface area contributed by atoms with Crippen molar-refractivity contribution in [1.82, 2.24) is 5.32 Å². The minimum atomic E-state index is -4.58. The Morgan fingerprint density at radius 1 is 1.13 bits per heavy atom. The van der Waals surface area contributed by atoms with E-state index in [0.29, 0.717) is 32.0 Å². The smallest absolute Gasteiger partial charge is 0.378 e. The molecule has 0 aliphatic carbocycles. The van der Waals surface area contributed by atoms with Crippen LogP contribution in [0.5, 0.6) is 0 Å². The van der Waals surface area contributed by atoms with Gasteiger partial charge in [0.15, 0.2) is 0 Å². The van der Waals surface area contributed by atoms with E-state index in [-0.39, 0.29) is 29.8 Å². The van der Waals surface area contributed by atoms with Crippen LogP contribution in [0.4, 0.5) is 24.5 Å². The number of morpholine rings is 1. The van der Waals surface area contributed by atoms with Gasteiger partial charge in [-0.3, -0.25) is 14.9 Å². The minimum Gasteiger partial charge on any atom is -0.378 e. The molecule has 7 nitrogen and oxygen atoms in total. The highest BCUT2D eigenvalue weighted by atomic mass is 19.4. The zero-order valence-electron chi connectivity index (χ0n) is 15.9. The molecule has 0 atom stereocenters. The number of ether oxygens (including phenoxy) is 1. The monoisotopic (exact) mass is 423 g/mol. The second-order valence-electron chi connectivity index (χ2n) is 6.78. The number of rotatable bonds is 6. The molecule has 0 spiro atoms. The van der Waals surface area contributed by atoms with E-state index in [1.165, 1.54) is 24.3 Å². The van der Waals surface area contributed by atoms with Gasteiger partial charge in [-0.25, -0.2) is 0 Å². The van der Waals surface area contributed by atoms with E-state index in [4.69, 9.17) is 4.74 Å². The summed E-state index contributed by atoms with van der Waals surface area (Å²) in [5, 5.41) is 13.5. The van der Waals surface area contributed by atoms with Crippen LogP contribution in [0.3, 0.4) is 0 Å². The molecule has 1 amide bonds. The van der Waals surface area contributed by atoms with Crippen molar-refractivity contribution in [3.63, 3.8) is 0 Å². The molecular weight excluding hydrogens is 403 g/mol. The molecule has 30 heavy (non-hydrogen) atoms. The highest BCUT2D eigenvalue weighted by Gasteiger charge is 2.34. The Labute approximate surface area is 170 Å². The normalized spacial score (nSPS) is 14.4. The third-order valence-electron chi connectivity index (χ3n) is 4.79. The number of nitrogens with zero attached hydrogens (tertiary/aromatic N) is 2. The van der Waals surface area contributed by atoms with Crippen LogP contribution < -0.4 is 10.2 Å². The summed E-state index contributed by atoms with van der Waals surface area (Å²) in [6.07, 6.45) is -4.88. The maximum atomic E-state index is 13.6. The summed E-state index contributed by atoms with van der Waals surface area (Å²) in [6, 6.07) is 9.76. The van der Waals surface area contributed by atoms with Gasteiger partial charge < -0.3 is 15.0 Å². The summed E-state index contributed by atoms with van der Waals surface area (Å²) in [4.78, 5) is 24.4. The van der Waals surface area contributed by atoms with E-state index in [9.17, 15) is 28.1 Å². The van der Waals surface area contributed by atoms with Crippen LogP contribution in [-0.2, 0) is 28.7 Å². The summed E-state index contributed by atoms with van der Waals surface area (Å²) in [5.74, 6) is -0.602. The molecule has 0 saturated carbocycles. The van der Waals surface area contributed by atoms with Gasteiger partial charge in [0, 0.05) is 37.0 Å². The number of benzene rings is 2. The van der Waals surface area contributed by atoms with Crippen LogP contribution in [0.1, 0.15) is 16.7 Å². The number of nitro benzene ring substituents is 1. The van der Waals surface area contributed by atoms with Gasteiger partial charge in [-0.05, 0) is 17.7 Å². The maximum absolute atomic E-state index is 13.6. The molecular formula is C20H20F3N3O4. The summed E-state index contributed by atoms with van der Waals surface area (Å²) in [6.45, 7) is 1.57. The molecule has 1 saturated heterocycles. The van der Waals surface area contributed by atoms with Crippen LogP contribution >= 0.6 is 0 Å². The number of nitro groups is 1. The Hall–Kier alpha value is -3.14. The van der Waals surface area contributed by atoms with Gasteiger partial charge in [-0.2, -0.15) is 13.2 Å². The third-order valence-corrected chi connectivity index (χ3v) is 4.79. The van der Waals surface area contributed by atoms with Gasteiger partial charge in [0.2, 0.25) is 5.91 Å². The average molecular weight is 423 g/mol. The van der Waals surface area contributed by atoms with Gasteiger partial charge in [0.1, 0.15) is 0 Å². The number of carbonyl (C=O) groups is 1. The number of halogens is 3. The van der Waals surface area contributed by atoms with Crippen molar-refractivity contribution in [2.45, 2.75) is 19.1 Å². The fourth-order valence-electron chi connectivity index (χ4n) is 3.27. The number of hydrogen-bond acceptors (Lipinski definition) is 5. The van der Waals surface area contributed by atoms with E-state index >= 15 is 0 Å². The molecule has 3 rings (SSSR count). The number of nitrogens with one attached hydrogen (secondary N) is 1. The first-order valence-electron chi connectivity index (χ1n) is 9.27. The Bertz CT molecular complexity index is 928. The van der Waals surface area contributed by atoms with E-state index in [2.05, 4.69) is 5.32 Å². The van der Waals surface area contributed by atoms with Crippen molar-refractivity contribution in [2.24, 2.45) is 0 Å². The molecule has 0 aromatic heterocycles. The maximum Gasteiger partial charge on any atom is 0.416 e. The molecule has 0 unspecified atom stereocenters. The zero-order valence-corrected chi connectivity index (χ0v) is 15.9. The summed E-state index contributed by atoms with van der Waals surface area (Å²) in [7, 11) is 0. The molecule has 160 valence electrons. The predicted molar refractivity (Wildman–Crippen MR) is 103 cm³/mol. The first kappa shape index (κ1) is 21.6. The highest BCUT2D eigenvalue weighted by Crippen LogP contribution is 2.35. The predicted octanol–water partition coefficient (Wildman–Crippen LogP) is 3.31. The summed E-state index contributed by atoms with van der Waals surface area (Å²) in [5.41, 5.74) is -0.467. The second-order valence-corrected chi connectivity index (χ2v) is 6.78. The Morgan fingerprint density at radius 3 is 2.50 bits per heavy atom. The highest BCUT2D eigenvalue weighted by molar-refractivity contribution is 5.79. The lowest BCUT2D eigenvalue weighted by Gasteiger charge is -2.29. The lowest BCUT2D eigenvalue weighted by Crippen LogP contribution is -2.36. The van der Waals surface area contributed by atoms with Crippen molar-refractivity contribution in [1.29, 1.82) is 0 Å². The summed E-state index contributed by atoms with van der Waals surface area (Å²) >= 11 is 0. The molecule has 1 aliphatic rings. The molecule has 2 aromatic carbocycles. The van der Waals surface area contributed by atoms with Gasteiger partial charge in [-0.15, -0.1) is 0 Å². The van der Waals surface area contributed by atoms with Crippen molar-refractivity contribution in [2.75, 3.05) is 31.2 Å². The van der Waals surface area contributed by atoms with Gasteiger partial charge in [-0.1, -0.05) is 24.3 Å². The van der Waals surface area contributed by atoms with Crippen LogP contribution in [0.25, 0.3) is 0 Å². The number of carbonyl (C=O) groups excluding carboxylic acids is 1. The van der Waals surface area contributed by atoms with Crippen molar-refractivity contribution >= 4 is 17.3 Å². The van der Waals surface area contributed by atoms with Crippen molar-refractivity contribution in [3.8, 4) is 0 Å². The molecule has 0 bridgehead atoms. The lowest BCUT2D eigenvalue weighted by atomic mass is 10.0. The van der Waals surface area contributed by atoms with Gasteiger partial charge in [0.05, 0.1) is 30.1 Å². The quantitative estimate of drug-likeness (QED) is 0.569. The first-order chi connectivity index (χ1) is 14.3. The van der Waals surface area contributed by atoms with E-state index in [0.717, 1.165) is 6.07 Å². The molecule has 1 heterocycles. The number of alkyl halides is 3. The fraction of sp³-hybridized carbons (Fsp3) is 0.350. The molecule has 2 aromatic rings. The molecule has 0 radical (unpaired) electrons. The Balaban J connectivity index is 1.73. The van der Waals surface area contributed by atoms with E-state index in [1.54, 1.807) is 12.1 Å². The Morgan fingerprint density at radius 2 is 1.83 bits per heavy atom. The molecule has 1 fully saturated rings. The van der Waals surface area contributed by atoms with Crippen LogP contribution in [-0.4, -0.2) is 37.1 Å². The molecule has 1 aliphatic heterocycles. The average Bonchev–Trinajstić information content (AvgIpc) is 2.72. The Kier molecular flexibility index (Phi) is 6.56. The minimum absolute atomic E-state index is 0.0737. The molecule has 10 heteroatoms. The topological polar surface area (TPSA) is 84.7 Å².